The van der Waals surface area contributed by atoms with Crippen LogP contribution in [0.15, 0.2) is 0 Å². The molecular weight excluding hydrogens is 218 g/mol. The van der Waals surface area contributed by atoms with Gasteiger partial charge in [0.25, 0.3) is 0 Å². The molecule has 2 aliphatic carbocycles. The van der Waals surface area contributed by atoms with Crippen LogP contribution in [0.1, 0.15) is 72.6 Å². The summed E-state index contributed by atoms with van der Waals surface area (Å²) in [4.78, 5) is 0. The molecule has 0 saturated heterocycles. The molecule has 1 nitrogen and oxygen atoms in total. The van der Waals surface area contributed by atoms with Crippen LogP contribution in [0.2, 0.25) is 0 Å². The first-order valence-corrected chi connectivity index (χ1v) is 8.20. The Kier molecular flexibility index (Phi) is 4.75. The van der Waals surface area contributed by atoms with E-state index in [1.54, 1.807) is 0 Å². The quantitative estimate of drug-likeness (QED) is 0.772. The molecule has 0 aromatic rings. The summed E-state index contributed by atoms with van der Waals surface area (Å²) >= 11 is 0. The molecule has 4 atom stereocenters. The van der Waals surface area contributed by atoms with Gasteiger partial charge >= 0.3 is 0 Å². The molecule has 18 heavy (non-hydrogen) atoms. The highest BCUT2D eigenvalue weighted by atomic mass is 14.9. The molecule has 1 heteroatoms. The third-order valence-corrected chi connectivity index (χ3v) is 5.35. The standard InChI is InChI=1S/C17H33N/c1-13-9-10-14(11-13)12-18-16-8-6-5-7-15(16)17(2,3)4/h13-16,18H,5-12H2,1-4H3. The van der Waals surface area contributed by atoms with Gasteiger partial charge in [0, 0.05) is 6.04 Å². The van der Waals surface area contributed by atoms with Gasteiger partial charge in [0.2, 0.25) is 0 Å². The molecule has 0 aromatic carbocycles. The van der Waals surface area contributed by atoms with Crippen molar-refractivity contribution in [2.24, 2.45) is 23.2 Å². The van der Waals surface area contributed by atoms with E-state index in [-0.39, 0.29) is 0 Å². The second-order valence-corrected chi connectivity index (χ2v) is 8.06. The maximum absolute atomic E-state index is 3.94. The van der Waals surface area contributed by atoms with Crippen LogP contribution in [0.4, 0.5) is 0 Å². The second kappa shape index (κ2) is 5.94. The van der Waals surface area contributed by atoms with Gasteiger partial charge in [-0.05, 0) is 55.4 Å². The Labute approximate surface area is 114 Å². The summed E-state index contributed by atoms with van der Waals surface area (Å²) in [6.45, 7) is 11.0. The molecule has 2 rings (SSSR count). The number of hydrogen-bond acceptors (Lipinski definition) is 1. The highest BCUT2D eigenvalue weighted by molar-refractivity contribution is 4.89. The molecule has 0 amide bonds. The summed E-state index contributed by atoms with van der Waals surface area (Å²) in [5.74, 6) is 2.81. The van der Waals surface area contributed by atoms with Gasteiger partial charge in [-0.25, -0.2) is 0 Å². The molecule has 106 valence electrons. The van der Waals surface area contributed by atoms with E-state index < -0.39 is 0 Å². The van der Waals surface area contributed by atoms with Crippen LogP contribution in [0.25, 0.3) is 0 Å². The SMILES string of the molecule is CC1CCC(CNC2CCCCC2C(C)(C)C)C1. The summed E-state index contributed by atoms with van der Waals surface area (Å²) in [6, 6.07) is 0.787. The fourth-order valence-electron chi connectivity index (χ4n) is 4.24. The van der Waals surface area contributed by atoms with Crippen molar-refractivity contribution < 1.29 is 0 Å². The second-order valence-electron chi connectivity index (χ2n) is 8.06. The zero-order valence-corrected chi connectivity index (χ0v) is 13.0. The van der Waals surface area contributed by atoms with Gasteiger partial charge in [-0.1, -0.05) is 47.0 Å². The Morgan fingerprint density at radius 3 is 2.33 bits per heavy atom. The van der Waals surface area contributed by atoms with Crippen molar-refractivity contribution in [3.8, 4) is 0 Å². The molecule has 0 heterocycles. The molecule has 0 radical (unpaired) electrons. The van der Waals surface area contributed by atoms with Crippen molar-refractivity contribution in [2.45, 2.75) is 78.7 Å². The minimum atomic E-state index is 0.473. The fourth-order valence-corrected chi connectivity index (χ4v) is 4.24. The summed E-state index contributed by atoms with van der Waals surface area (Å²) in [7, 11) is 0. The van der Waals surface area contributed by atoms with Crippen molar-refractivity contribution >= 4 is 0 Å². The Balaban J connectivity index is 1.82. The van der Waals surface area contributed by atoms with Crippen molar-refractivity contribution in [1.82, 2.24) is 5.32 Å². The Bertz CT molecular complexity index is 253. The first-order chi connectivity index (χ1) is 8.47. The zero-order valence-electron chi connectivity index (χ0n) is 13.0. The van der Waals surface area contributed by atoms with E-state index in [2.05, 4.69) is 33.0 Å². The summed E-state index contributed by atoms with van der Waals surface area (Å²) in [5, 5.41) is 3.94. The Hall–Kier alpha value is -0.0400. The molecular formula is C17H33N. The van der Waals surface area contributed by atoms with Crippen molar-refractivity contribution in [1.29, 1.82) is 0 Å². The molecule has 0 aromatic heterocycles. The molecule has 2 saturated carbocycles. The number of hydrogen-bond donors (Lipinski definition) is 1. The lowest BCUT2D eigenvalue weighted by Crippen LogP contribution is -2.45. The summed E-state index contributed by atoms with van der Waals surface area (Å²) in [5.41, 5.74) is 0.473. The smallest absolute Gasteiger partial charge is 0.0100 e. The average molecular weight is 251 g/mol. The number of rotatable bonds is 3. The monoisotopic (exact) mass is 251 g/mol. The molecule has 2 aliphatic rings. The first kappa shape index (κ1) is 14.4. The van der Waals surface area contributed by atoms with Crippen LogP contribution in [0.3, 0.4) is 0 Å². The summed E-state index contributed by atoms with van der Waals surface area (Å²) < 4.78 is 0. The van der Waals surface area contributed by atoms with E-state index in [0.717, 1.165) is 23.8 Å². The first-order valence-electron chi connectivity index (χ1n) is 8.20. The Morgan fingerprint density at radius 1 is 1.00 bits per heavy atom. The zero-order chi connectivity index (χ0) is 13.2. The van der Waals surface area contributed by atoms with Crippen LogP contribution in [0, 0.1) is 23.2 Å². The average Bonchev–Trinajstić information content (AvgIpc) is 2.72. The van der Waals surface area contributed by atoms with Crippen LogP contribution < -0.4 is 5.32 Å². The van der Waals surface area contributed by atoms with E-state index in [1.807, 2.05) is 0 Å². The van der Waals surface area contributed by atoms with Crippen LogP contribution >= 0.6 is 0 Å². The van der Waals surface area contributed by atoms with E-state index in [9.17, 15) is 0 Å². The summed E-state index contributed by atoms with van der Waals surface area (Å²) in [6.07, 6.45) is 10.1. The van der Waals surface area contributed by atoms with E-state index >= 15 is 0 Å². The molecule has 2 fully saturated rings. The van der Waals surface area contributed by atoms with Crippen molar-refractivity contribution in [2.75, 3.05) is 6.54 Å². The third-order valence-electron chi connectivity index (χ3n) is 5.35. The van der Waals surface area contributed by atoms with E-state index in [1.165, 1.54) is 51.5 Å². The molecule has 0 bridgehead atoms. The lowest BCUT2D eigenvalue weighted by Gasteiger charge is -2.41. The van der Waals surface area contributed by atoms with Gasteiger partial charge in [0.15, 0.2) is 0 Å². The van der Waals surface area contributed by atoms with Crippen LogP contribution in [0.5, 0.6) is 0 Å². The van der Waals surface area contributed by atoms with Crippen molar-refractivity contribution in [3.05, 3.63) is 0 Å². The van der Waals surface area contributed by atoms with Gasteiger partial charge in [0.05, 0.1) is 0 Å². The maximum Gasteiger partial charge on any atom is 0.0100 e. The highest BCUT2D eigenvalue weighted by Crippen LogP contribution is 2.38. The minimum absolute atomic E-state index is 0.473. The minimum Gasteiger partial charge on any atom is -0.313 e. The van der Waals surface area contributed by atoms with Gasteiger partial charge in [-0.15, -0.1) is 0 Å². The predicted molar refractivity (Wildman–Crippen MR) is 79.7 cm³/mol. The third kappa shape index (κ3) is 3.73. The normalized spacial score (nSPS) is 38.0. The van der Waals surface area contributed by atoms with Crippen LogP contribution in [-0.4, -0.2) is 12.6 Å². The predicted octanol–water partition coefficient (Wildman–Crippen LogP) is 4.62. The Morgan fingerprint density at radius 2 is 1.72 bits per heavy atom. The number of nitrogens with one attached hydrogen (secondary N) is 1. The van der Waals surface area contributed by atoms with Gasteiger partial charge < -0.3 is 5.32 Å². The van der Waals surface area contributed by atoms with Gasteiger partial charge in [-0.3, -0.25) is 0 Å². The maximum atomic E-state index is 3.94. The fraction of sp³-hybridized carbons (Fsp3) is 1.00. The van der Waals surface area contributed by atoms with Gasteiger partial charge in [0.1, 0.15) is 0 Å². The van der Waals surface area contributed by atoms with E-state index in [0.29, 0.717) is 5.41 Å². The largest absolute Gasteiger partial charge is 0.313 e. The highest BCUT2D eigenvalue weighted by Gasteiger charge is 2.34. The molecule has 4 unspecified atom stereocenters. The lowest BCUT2D eigenvalue weighted by molar-refractivity contribution is 0.128. The van der Waals surface area contributed by atoms with Gasteiger partial charge in [-0.2, -0.15) is 0 Å². The molecule has 0 aliphatic heterocycles. The lowest BCUT2D eigenvalue weighted by atomic mass is 9.69. The van der Waals surface area contributed by atoms with Crippen LogP contribution in [-0.2, 0) is 0 Å². The van der Waals surface area contributed by atoms with Crippen molar-refractivity contribution in [3.63, 3.8) is 0 Å². The van der Waals surface area contributed by atoms with E-state index in [4.69, 9.17) is 0 Å². The molecule has 1 N–H and O–H groups in total. The molecule has 0 spiro atoms. The topological polar surface area (TPSA) is 12.0 Å².